The van der Waals surface area contributed by atoms with Crippen molar-refractivity contribution in [2.45, 2.75) is 13.8 Å². The Bertz CT molecular complexity index is 578. The maximum Gasteiger partial charge on any atom is 0.165 e. The van der Waals surface area contributed by atoms with Gasteiger partial charge in [-0.25, -0.2) is 4.39 Å². The second kappa shape index (κ2) is 4.68. The summed E-state index contributed by atoms with van der Waals surface area (Å²) >= 11 is 0. The van der Waals surface area contributed by atoms with Gasteiger partial charge in [-0.15, -0.1) is 0 Å². The zero-order valence-corrected chi connectivity index (χ0v) is 10.7. The fourth-order valence-corrected chi connectivity index (χ4v) is 1.96. The highest BCUT2D eigenvalue weighted by Crippen LogP contribution is 2.31. The van der Waals surface area contributed by atoms with Crippen molar-refractivity contribution in [1.29, 1.82) is 0 Å². The number of nitrogens with two attached hydrogens (primary N) is 1. The Morgan fingerprint density at radius 2 is 2.17 bits per heavy atom. The van der Waals surface area contributed by atoms with Gasteiger partial charge in [-0.05, 0) is 31.5 Å². The maximum atomic E-state index is 13.8. The number of anilines is 1. The molecule has 0 aliphatic carbocycles. The molecule has 0 radical (unpaired) electrons. The first-order valence-electron chi connectivity index (χ1n) is 5.76. The number of nitrogens with zero attached hydrogens (tertiary/aromatic N) is 2. The van der Waals surface area contributed by atoms with Crippen LogP contribution in [0.15, 0.2) is 18.2 Å². The molecule has 0 atom stereocenters. The number of nitrogen functional groups attached to an aromatic ring is 1. The van der Waals surface area contributed by atoms with Crippen LogP contribution < -0.4 is 10.5 Å². The minimum Gasteiger partial charge on any atom is -0.491 e. The van der Waals surface area contributed by atoms with Crippen molar-refractivity contribution in [2.24, 2.45) is 7.05 Å². The smallest absolute Gasteiger partial charge is 0.165 e. The lowest BCUT2D eigenvalue weighted by molar-refractivity contribution is 0.321. The lowest BCUT2D eigenvalue weighted by atomic mass is 10.1. The van der Waals surface area contributed by atoms with Crippen LogP contribution in [0.5, 0.6) is 5.75 Å². The fraction of sp³-hybridized carbons (Fsp3) is 0.308. The summed E-state index contributed by atoms with van der Waals surface area (Å²) in [5.41, 5.74) is 8.18. The summed E-state index contributed by atoms with van der Waals surface area (Å²) in [6, 6.07) is 4.82. The third-order valence-corrected chi connectivity index (χ3v) is 2.79. The highest BCUT2D eigenvalue weighted by Gasteiger charge is 2.14. The molecule has 96 valence electrons. The standard InChI is InChI=1S/C13H16FN3O/c1-4-18-11-6-5-9(7-10(11)14)12-8(2)16-17(3)13(12)15/h5-7H,4,15H2,1-3H3. The first kappa shape index (κ1) is 12.4. The lowest BCUT2D eigenvalue weighted by Gasteiger charge is -2.07. The molecule has 1 heterocycles. The van der Waals surface area contributed by atoms with Gasteiger partial charge in [0.1, 0.15) is 5.82 Å². The Morgan fingerprint density at radius 3 is 2.67 bits per heavy atom. The van der Waals surface area contributed by atoms with E-state index in [0.29, 0.717) is 18.0 Å². The molecule has 2 N–H and O–H groups in total. The summed E-state index contributed by atoms with van der Waals surface area (Å²) in [4.78, 5) is 0. The average molecular weight is 249 g/mol. The molecule has 18 heavy (non-hydrogen) atoms. The number of ether oxygens (including phenoxy) is 1. The Kier molecular flexibility index (Phi) is 3.23. The average Bonchev–Trinajstić information content (AvgIpc) is 2.56. The normalized spacial score (nSPS) is 10.7. The highest BCUT2D eigenvalue weighted by molar-refractivity contribution is 5.76. The molecule has 0 saturated carbocycles. The number of hydrogen-bond acceptors (Lipinski definition) is 3. The minimum atomic E-state index is -0.392. The summed E-state index contributed by atoms with van der Waals surface area (Å²) in [7, 11) is 1.76. The monoisotopic (exact) mass is 249 g/mol. The molecule has 0 bridgehead atoms. The van der Waals surface area contributed by atoms with Gasteiger partial charge in [-0.3, -0.25) is 4.68 Å². The zero-order chi connectivity index (χ0) is 13.3. The zero-order valence-electron chi connectivity index (χ0n) is 10.7. The van der Waals surface area contributed by atoms with Gasteiger partial charge < -0.3 is 10.5 Å². The number of halogens is 1. The van der Waals surface area contributed by atoms with E-state index in [0.717, 1.165) is 11.3 Å². The van der Waals surface area contributed by atoms with Crippen molar-refractivity contribution >= 4 is 5.82 Å². The van der Waals surface area contributed by atoms with Gasteiger partial charge in [0.25, 0.3) is 0 Å². The van der Waals surface area contributed by atoms with E-state index < -0.39 is 5.82 Å². The molecule has 4 nitrogen and oxygen atoms in total. The van der Waals surface area contributed by atoms with E-state index in [-0.39, 0.29) is 5.75 Å². The van der Waals surface area contributed by atoms with Gasteiger partial charge in [0.15, 0.2) is 11.6 Å². The molecule has 2 rings (SSSR count). The van der Waals surface area contributed by atoms with E-state index in [4.69, 9.17) is 10.5 Å². The molecule has 0 unspecified atom stereocenters. The van der Waals surface area contributed by atoms with Crippen LogP contribution >= 0.6 is 0 Å². The molecule has 2 aromatic rings. The van der Waals surface area contributed by atoms with Gasteiger partial charge in [-0.2, -0.15) is 5.10 Å². The Balaban J connectivity index is 2.49. The molecule has 0 aliphatic rings. The predicted molar refractivity (Wildman–Crippen MR) is 68.9 cm³/mol. The van der Waals surface area contributed by atoms with Crippen molar-refractivity contribution in [1.82, 2.24) is 9.78 Å². The van der Waals surface area contributed by atoms with E-state index in [2.05, 4.69) is 5.10 Å². The van der Waals surface area contributed by atoms with Gasteiger partial charge >= 0.3 is 0 Å². The van der Waals surface area contributed by atoms with Crippen LogP contribution in [0.1, 0.15) is 12.6 Å². The van der Waals surface area contributed by atoms with Crippen molar-refractivity contribution in [3.05, 3.63) is 29.7 Å². The molecule has 0 spiro atoms. The van der Waals surface area contributed by atoms with Crippen LogP contribution in [-0.2, 0) is 7.05 Å². The molecule has 1 aromatic carbocycles. The van der Waals surface area contributed by atoms with Gasteiger partial charge in [0.2, 0.25) is 0 Å². The number of benzene rings is 1. The fourth-order valence-electron chi connectivity index (χ4n) is 1.96. The molecule has 5 heteroatoms. The van der Waals surface area contributed by atoms with E-state index in [1.165, 1.54) is 6.07 Å². The summed E-state index contributed by atoms with van der Waals surface area (Å²) in [5, 5.41) is 4.21. The summed E-state index contributed by atoms with van der Waals surface area (Å²) in [6.07, 6.45) is 0. The van der Waals surface area contributed by atoms with E-state index in [1.807, 2.05) is 13.8 Å². The van der Waals surface area contributed by atoms with Crippen molar-refractivity contribution < 1.29 is 9.13 Å². The molecule has 0 amide bonds. The maximum absolute atomic E-state index is 13.8. The van der Waals surface area contributed by atoms with Crippen LogP contribution in [0.3, 0.4) is 0 Å². The van der Waals surface area contributed by atoms with Crippen molar-refractivity contribution in [3.63, 3.8) is 0 Å². The van der Waals surface area contributed by atoms with Crippen LogP contribution in [0.4, 0.5) is 10.2 Å². The summed E-state index contributed by atoms with van der Waals surface area (Å²) in [6.45, 7) is 4.10. The van der Waals surface area contributed by atoms with Crippen LogP contribution in [-0.4, -0.2) is 16.4 Å². The second-order valence-corrected chi connectivity index (χ2v) is 4.05. The number of aryl methyl sites for hydroxylation is 2. The van der Waals surface area contributed by atoms with Gasteiger partial charge in [0.05, 0.1) is 12.3 Å². The van der Waals surface area contributed by atoms with Crippen molar-refractivity contribution in [2.75, 3.05) is 12.3 Å². The molecule has 0 fully saturated rings. The Labute approximate surface area is 105 Å². The second-order valence-electron chi connectivity index (χ2n) is 4.05. The number of aromatic nitrogens is 2. The summed E-state index contributed by atoms with van der Waals surface area (Å²) < 4.78 is 20.5. The molecule has 1 aromatic heterocycles. The van der Waals surface area contributed by atoms with Gasteiger partial charge in [0, 0.05) is 12.6 Å². The number of hydrogen-bond donors (Lipinski definition) is 1. The predicted octanol–water partition coefficient (Wildman–Crippen LogP) is 2.52. The third-order valence-electron chi connectivity index (χ3n) is 2.79. The molecule has 0 aliphatic heterocycles. The van der Waals surface area contributed by atoms with E-state index in [9.17, 15) is 4.39 Å². The van der Waals surface area contributed by atoms with Gasteiger partial charge in [-0.1, -0.05) is 6.07 Å². The SMILES string of the molecule is CCOc1ccc(-c2c(C)nn(C)c2N)cc1F. The number of rotatable bonds is 3. The summed E-state index contributed by atoms with van der Waals surface area (Å²) in [5.74, 6) is 0.384. The van der Waals surface area contributed by atoms with Crippen molar-refractivity contribution in [3.8, 4) is 16.9 Å². The molecular weight excluding hydrogens is 233 g/mol. The van der Waals surface area contributed by atoms with Crippen LogP contribution in [0.2, 0.25) is 0 Å². The minimum absolute atomic E-state index is 0.251. The quantitative estimate of drug-likeness (QED) is 0.909. The molecular formula is C13H16FN3O. The Morgan fingerprint density at radius 1 is 1.44 bits per heavy atom. The highest BCUT2D eigenvalue weighted by atomic mass is 19.1. The first-order valence-corrected chi connectivity index (χ1v) is 5.76. The largest absolute Gasteiger partial charge is 0.491 e. The lowest BCUT2D eigenvalue weighted by Crippen LogP contribution is -1.98. The Hall–Kier alpha value is -2.04. The first-order chi connectivity index (χ1) is 8.54. The van der Waals surface area contributed by atoms with E-state index in [1.54, 1.807) is 23.9 Å². The topological polar surface area (TPSA) is 53.1 Å². The van der Waals surface area contributed by atoms with Crippen LogP contribution in [0, 0.1) is 12.7 Å². The van der Waals surface area contributed by atoms with E-state index >= 15 is 0 Å². The third kappa shape index (κ3) is 2.03. The van der Waals surface area contributed by atoms with Crippen LogP contribution in [0.25, 0.3) is 11.1 Å². The molecule has 0 saturated heterocycles.